The molecule has 2 N–H and O–H groups in total. The maximum Gasteiger partial charge on any atom is 0.0620 e. The van der Waals surface area contributed by atoms with Crippen LogP contribution in [0.2, 0.25) is 0 Å². The van der Waals surface area contributed by atoms with Crippen molar-refractivity contribution in [3.63, 3.8) is 0 Å². The first-order chi connectivity index (χ1) is 7.85. The van der Waals surface area contributed by atoms with Gasteiger partial charge in [0.05, 0.1) is 5.69 Å². The summed E-state index contributed by atoms with van der Waals surface area (Å²) in [6, 6.07) is 10.5. The first-order valence-electron chi connectivity index (χ1n) is 5.92. The highest BCUT2D eigenvalue weighted by Gasteiger charge is 2.03. The molecule has 0 saturated heterocycles. The third kappa shape index (κ3) is 2.22. The Labute approximate surface area is 96.5 Å². The molecule has 2 nitrogen and oxygen atoms in total. The van der Waals surface area contributed by atoms with Gasteiger partial charge in [-0.2, -0.15) is 0 Å². The van der Waals surface area contributed by atoms with Gasteiger partial charge in [-0.15, -0.1) is 0 Å². The number of nitrogens with two attached hydrogens (primary N) is 1. The summed E-state index contributed by atoms with van der Waals surface area (Å²) in [6.45, 7) is 2.71. The van der Waals surface area contributed by atoms with Crippen LogP contribution in [0.5, 0.6) is 0 Å². The molecule has 0 spiro atoms. The van der Waals surface area contributed by atoms with E-state index in [0.29, 0.717) is 6.54 Å². The van der Waals surface area contributed by atoms with Crippen LogP contribution in [0.3, 0.4) is 0 Å². The minimum atomic E-state index is 0.514. The fourth-order valence-corrected chi connectivity index (χ4v) is 1.97. The van der Waals surface area contributed by atoms with Crippen molar-refractivity contribution < 1.29 is 0 Å². The summed E-state index contributed by atoms with van der Waals surface area (Å²) < 4.78 is 0. The van der Waals surface area contributed by atoms with Crippen molar-refractivity contribution in [1.29, 1.82) is 0 Å². The van der Waals surface area contributed by atoms with Crippen molar-refractivity contribution in [1.82, 2.24) is 4.98 Å². The summed E-state index contributed by atoms with van der Waals surface area (Å²) in [5, 5.41) is 2.44. The predicted octanol–water partition coefficient (Wildman–Crippen LogP) is 3.04. The minimum Gasteiger partial charge on any atom is -0.325 e. The zero-order valence-electron chi connectivity index (χ0n) is 9.74. The molecule has 0 aliphatic carbocycles. The van der Waals surface area contributed by atoms with E-state index in [9.17, 15) is 0 Å². The predicted molar refractivity (Wildman–Crippen MR) is 68.2 cm³/mol. The third-order valence-electron chi connectivity index (χ3n) is 2.85. The Morgan fingerprint density at radius 1 is 1.25 bits per heavy atom. The number of unbranched alkanes of at least 4 members (excludes halogenated alkanes) is 1. The van der Waals surface area contributed by atoms with Gasteiger partial charge in [0.2, 0.25) is 0 Å². The van der Waals surface area contributed by atoms with E-state index in [4.69, 9.17) is 5.73 Å². The Balaban J connectivity index is 2.46. The first kappa shape index (κ1) is 11.1. The van der Waals surface area contributed by atoms with Crippen LogP contribution in [0.1, 0.15) is 31.2 Å². The molecule has 0 atom stereocenters. The van der Waals surface area contributed by atoms with Crippen LogP contribution in [0.4, 0.5) is 0 Å². The van der Waals surface area contributed by atoms with Crippen LogP contribution in [0, 0.1) is 0 Å². The molecular weight excluding hydrogens is 196 g/mol. The van der Waals surface area contributed by atoms with Crippen molar-refractivity contribution in [2.24, 2.45) is 5.73 Å². The average Bonchev–Trinajstić information content (AvgIpc) is 2.35. The molecule has 1 aromatic carbocycles. The maximum atomic E-state index is 5.75. The number of rotatable bonds is 4. The molecule has 0 radical (unpaired) electrons. The van der Waals surface area contributed by atoms with Crippen LogP contribution in [-0.2, 0) is 13.0 Å². The Kier molecular flexibility index (Phi) is 3.52. The van der Waals surface area contributed by atoms with Crippen LogP contribution in [-0.4, -0.2) is 4.98 Å². The van der Waals surface area contributed by atoms with Crippen LogP contribution in [0.15, 0.2) is 30.3 Å². The van der Waals surface area contributed by atoms with Crippen molar-refractivity contribution in [2.75, 3.05) is 0 Å². The molecule has 2 heteroatoms. The van der Waals surface area contributed by atoms with Gasteiger partial charge in [-0.1, -0.05) is 37.6 Å². The van der Waals surface area contributed by atoms with Gasteiger partial charge in [-0.05, 0) is 24.3 Å². The van der Waals surface area contributed by atoms with E-state index in [1.807, 2.05) is 6.07 Å². The molecule has 2 rings (SSSR count). The van der Waals surface area contributed by atoms with E-state index < -0.39 is 0 Å². The number of fused-ring (bicyclic) bond motifs is 1. The number of aromatic nitrogens is 1. The number of aryl methyl sites for hydroxylation is 1. The number of nitrogens with zero attached hydrogens (tertiary/aromatic N) is 1. The number of benzene rings is 1. The van der Waals surface area contributed by atoms with Gasteiger partial charge >= 0.3 is 0 Å². The van der Waals surface area contributed by atoms with Gasteiger partial charge in [-0.25, -0.2) is 0 Å². The molecule has 1 heterocycles. The van der Waals surface area contributed by atoms with Crippen LogP contribution >= 0.6 is 0 Å². The molecule has 0 fully saturated rings. The first-order valence-corrected chi connectivity index (χ1v) is 5.92. The minimum absolute atomic E-state index is 0.514. The second-order valence-corrected chi connectivity index (χ2v) is 4.09. The Hall–Kier alpha value is -1.41. The highest BCUT2D eigenvalue weighted by molar-refractivity contribution is 5.84. The summed E-state index contributed by atoms with van der Waals surface area (Å²) in [4.78, 5) is 4.63. The van der Waals surface area contributed by atoms with E-state index >= 15 is 0 Å². The second-order valence-electron chi connectivity index (χ2n) is 4.09. The number of hydrogen-bond donors (Lipinski definition) is 1. The lowest BCUT2D eigenvalue weighted by Gasteiger charge is -2.07. The van der Waals surface area contributed by atoms with E-state index in [1.165, 1.54) is 29.3 Å². The summed E-state index contributed by atoms with van der Waals surface area (Å²) in [7, 11) is 0. The van der Waals surface area contributed by atoms with Gasteiger partial charge in [0.15, 0.2) is 0 Å². The third-order valence-corrected chi connectivity index (χ3v) is 2.85. The van der Waals surface area contributed by atoms with E-state index in [0.717, 1.165) is 12.1 Å². The van der Waals surface area contributed by atoms with E-state index in [-0.39, 0.29) is 0 Å². The Bertz CT molecular complexity index is 477. The molecule has 0 aliphatic heterocycles. The molecule has 0 amide bonds. The highest BCUT2D eigenvalue weighted by atomic mass is 14.7. The summed E-state index contributed by atoms with van der Waals surface area (Å²) >= 11 is 0. The van der Waals surface area contributed by atoms with E-state index in [2.05, 4.69) is 36.2 Å². The van der Waals surface area contributed by atoms with Gasteiger partial charge in [0.25, 0.3) is 0 Å². The molecule has 0 saturated carbocycles. The monoisotopic (exact) mass is 214 g/mol. The highest BCUT2D eigenvalue weighted by Crippen LogP contribution is 2.19. The topological polar surface area (TPSA) is 38.9 Å². The standard InChI is InChI=1S/C14H18N2/c1-2-3-7-12-9-11-6-4-5-8-13(11)14(10-15)16-12/h4-6,8-9H,2-3,7,10,15H2,1H3. The van der Waals surface area contributed by atoms with Gasteiger partial charge in [0.1, 0.15) is 0 Å². The van der Waals surface area contributed by atoms with Crippen molar-refractivity contribution in [3.8, 4) is 0 Å². The van der Waals surface area contributed by atoms with Crippen LogP contribution < -0.4 is 5.73 Å². The van der Waals surface area contributed by atoms with E-state index in [1.54, 1.807) is 0 Å². The lowest BCUT2D eigenvalue weighted by Crippen LogP contribution is -2.03. The molecule has 0 bridgehead atoms. The number of hydrogen-bond acceptors (Lipinski definition) is 2. The number of pyridine rings is 1. The molecule has 1 aromatic heterocycles. The largest absolute Gasteiger partial charge is 0.325 e. The van der Waals surface area contributed by atoms with Crippen molar-refractivity contribution >= 4 is 10.8 Å². The van der Waals surface area contributed by atoms with Crippen molar-refractivity contribution in [3.05, 3.63) is 41.7 Å². The Morgan fingerprint density at radius 2 is 2.06 bits per heavy atom. The molecular formula is C14H18N2. The zero-order valence-corrected chi connectivity index (χ0v) is 9.74. The SMILES string of the molecule is CCCCc1cc2ccccc2c(CN)n1. The molecule has 16 heavy (non-hydrogen) atoms. The van der Waals surface area contributed by atoms with Crippen molar-refractivity contribution in [2.45, 2.75) is 32.7 Å². The summed E-state index contributed by atoms with van der Waals surface area (Å²) in [5.41, 5.74) is 7.94. The quantitative estimate of drug-likeness (QED) is 0.849. The van der Waals surface area contributed by atoms with Crippen LogP contribution in [0.25, 0.3) is 10.8 Å². The normalized spacial score (nSPS) is 10.9. The molecule has 0 aliphatic rings. The maximum absolute atomic E-state index is 5.75. The van der Waals surface area contributed by atoms with Gasteiger partial charge in [0, 0.05) is 17.6 Å². The fourth-order valence-electron chi connectivity index (χ4n) is 1.97. The zero-order chi connectivity index (χ0) is 11.4. The average molecular weight is 214 g/mol. The smallest absolute Gasteiger partial charge is 0.0620 e. The lowest BCUT2D eigenvalue weighted by molar-refractivity contribution is 0.772. The lowest BCUT2D eigenvalue weighted by atomic mass is 10.1. The Morgan fingerprint density at radius 3 is 2.81 bits per heavy atom. The second kappa shape index (κ2) is 5.08. The summed E-state index contributed by atoms with van der Waals surface area (Å²) in [5.74, 6) is 0. The molecule has 2 aromatic rings. The van der Waals surface area contributed by atoms with Gasteiger partial charge in [-0.3, -0.25) is 4.98 Å². The summed E-state index contributed by atoms with van der Waals surface area (Å²) in [6.07, 6.45) is 3.44. The van der Waals surface area contributed by atoms with Gasteiger partial charge < -0.3 is 5.73 Å². The molecule has 84 valence electrons. The molecule has 0 unspecified atom stereocenters. The fraction of sp³-hybridized carbons (Fsp3) is 0.357.